The molecule has 4 N–H and O–H groups in total. The Morgan fingerprint density at radius 1 is 1.22 bits per heavy atom. The molecule has 3 heterocycles. The number of aromatic nitrogens is 5. The van der Waals surface area contributed by atoms with E-state index in [9.17, 15) is 14.0 Å². The Morgan fingerprint density at radius 3 is 2.81 bits per heavy atom. The van der Waals surface area contributed by atoms with E-state index in [1.165, 1.54) is 6.07 Å². The first-order chi connectivity index (χ1) is 17.8. The Bertz CT molecular complexity index is 1550. The smallest absolute Gasteiger partial charge is 0.243 e. The molecule has 2 amide bonds. The molecule has 2 fully saturated rings. The van der Waals surface area contributed by atoms with E-state index in [2.05, 4.69) is 46.6 Å². The first-order valence-corrected chi connectivity index (χ1v) is 13.0. The predicted molar refractivity (Wildman–Crippen MR) is 138 cm³/mol. The van der Waals surface area contributed by atoms with Gasteiger partial charge in [0.25, 0.3) is 0 Å². The van der Waals surface area contributed by atoms with Gasteiger partial charge in [0.05, 0.1) is 11.1 Å². The molecule has 0 unspecified atom stereocenters. The normalized spacial score (nSPS) is 20.6. The number of benzene rings is 1. The molecule has 0 saturated heterocycles. The van der Waals surface area contributed by atoms with Crippen molar-refractivity contribution in [1.29, 1.82) is 0 Å². The minimum Gasteiger partial charge on any atom is -0.368 e. The third-order valence-corrected chi connectivity index (χ3v) is 8.03. The summed E-state index contributed by atoms with van der Waals surface area (Å²) in [6.07, 6.45) is 7.32. The van der Waals surface area contributed by atoms with Crippen LogP contribution in [0.5, 0.6) is 0 Å². The predicted octanol–water partition coefficient (Wildman–Crippen LogP) is 3.37. The van der Waals surface area contributed by atoms with Crippen LogP contribution in [0.1, 0.15) is 38.5 Å². The average molecular weight is 567 g/mol. The highest BCUT2D eigenvalue weighted by atomic mass is 79.9. The number of carbonyl (C=O) groups excluding carboxylic acids is 2. The Balaban J connectivity index is 1.22. The molecule has 2 atom stereocenters. The number of nitrogens with one attached hydrogen (secondary N) is 2. The van der Waals surface area contributed by atoms with Gasteiger partial charge in [-0.3, -0.25) is 14.6 Å². The van der Waals surface area contributed by atoms with E-state index in [4.69, 9.17) is 5.73 Å². The highest BCUT2D eigenvalue weighted by Gasteiger charge is 2.45. The van der Waals surface area contributed by atoms with Crippen molar-refractivity contribution in [1.82, 2.24) is 30.0 Å². The molecule has 10 nitrogen and oxygen atoms in total. The topological polar surface area (TPSA) is 141 Å². The van der Waals surface area contributed by atoms with Crippen molar-refractivity contribution in [2.24, 2.45) is 11.7 Å². The lowest BCUT2D eigenvalue weighted by Crippen LogP contribution is -2.62. The van der Waals surface area contributed by atoms with Gasteiger partial charge in [0.1, 0.15) is 15.7 Å². The van der Waals surface area contributed by atoms with Crippen LogP contribution in [0.4, 0.5) is 10.3 Å². The fourth-order valence-electron chi connectivity index (χ4n) is 5.21. The maximum atomic E-state index is 14.7. The molecule has 2 aliphatic carbocycles. The number of rotatable bonds is 6. The van der Waals surface area contributed by atoms with Crippen molar-refractivity contribution >= 4 is 55.6 Å². The fourth-order valence-corrected chi connectivity index (χ4v) is 5.65. The number of pyridine rings is 1. The monoisotopic (exact) mass is 566 g/mol. The van der Waals surface area contributed by atoms with E-state index in [1.54, 1.807) is 35.3 Å². The van der Waals surface area contributed by atoms with Crippen LogP contribution in [-0.4, -0.2) is 48.1 Å². The first kappa shape index (κ1) is 23.7. The minimum absolute atomic E-state index is 0.0110. The molecule has 6 rings (SSSR count). The van der Waals surface area contributed by atoms with Crippen molar-refractivity contribution in [2.45, 2.75) is 50.1 Å². The second kappa shape index (κ2) is 9.02. The molecular formula is C25H24BrFN8O2. The number of hydrogen-bond acceptors (Lipinski definition) is 7. The zero-order chi connectivity index (χ0) is 25.7. The molecule has 12 heteroatoms. The first-order valence-electron chi connectivity index (χ1n) is 12.2. The third kappa shape index (κ3) is 4.18. The van der Waals surface area contributed by atoms with Crippen LogP contribution in [-0.2, 0) is 9.59 Å². The van der Waals surface area contributed by atoms with Crippen molar-refractivity contribution in [3.05, 3.63) is 47.1 Å². The Kier molecular flexibility index (Phi) is 5.78. The van der Waals surface area contributed by atoms with E-state index in [-0.39, 0.29) is 23.4 Å². The van der Waals surface area contributed by atoms with E-state index >= 15 is 0 Å². The van der Waals surface area contributed by atoms with E-state index in [0.717, 1.165) is 12.8 Å². The van der Waals surface area contributed by atoms with Crippen LogP contribution >= 0.6 is 15.9 Å². The van der Waals surface area contributed by atoms with Gasteiger partial charge < -0.3 is 16.4 Å². The third-order valence-electron chi connectivity index (χ3n) is 7.44. The molecule has 0 bridgehead atoms. The van der Waals surface area contributed by atoms with Gasteiger partial charge in [-0.25, -0.2) is 14.1 Å². The molecular weight excluding hydrogens is 543 g/mol. The van der Waals surface area contributed by atoms with Gasteiger partial charge in [-0.1, -0.05) is 6.07 Å². The summed E-state index contributed by atoms with van der Waals surface area (Å²) < 4.78 is 16.8. The highest BCUT2D eigenvalue weighted by molar-refractivity contribution is 9.10. The summed E-state index contributed by atoms with van der Waals surface area (Å²) >= 11 is 3.45. The summed E-state index contributed by atoms with van der Waals surface area (Å²) in [5, 5.41) is 12.1. The molecule has 0 spiro atoms. The average Bonchev–Trinajstić information content (AvgIpc) is 3.45. The van der Waals surface area contributed by atoms with Gasteiger partial charge in [-0.05, 0) is 66.6 Å². The number of amides is 2. The van der Waals surface area contributed by atoms with Crippen molar-refractivity contribution in [3.8, 4) is 5.69 Å². The van der Waals surface area contributed by atoms with Crippen LogP contribution in [0.3, 0.4) is 0 Å². The minimum atomic E-state index is -0.888. The van der Waals surface area contributed by atoms with E-state index < -0.39 is 17.3 Å². The van der Waals surface area contributed by atoms with Crippen LogP contribution in [0.25, 0.3) is 27.6 Å². The second-order valence-corrected chi connectivity index (χ2v) is 10.5. The number of primary amides is 1. The van der Waals surface area contributed by atoms with Gasteiger partial charge in [0.15, 0.2) is 11.5 Å². The standard InChI is InChI=1S/C25H24BrFN8O2/c26-20-17-12-30-24(31-15-5-4-14(9-15)22(36)33-25(23(28)37)6-2-7-25)32-21(17)35(34-20)16-10-13-3-1-8-29-19(13)18(27)11-16/h1,3,8,10-12,14-15H,2,4-7,9H2,(H2,28,37)(H,33,36)(H,30,31,32)/t14-,15-/m1/s1. The Morgan fingerprint density at radius 2 is 2.05 bits per heavy atom. The quantitative estimate of drug-likeness (QED) is 0.325. The summed E-state index contributed by atoms with van der Waals surface area (Å²) in [7, 11) is 0. The maximum Gasteiger partial charge on any atom is 0.243 e. The van der Waals surface area contributed by atoms with Crippen LogP contribution < -0.4 is 16.4 Å². The lowest BCUT2D eigenvalue weighted by molar-refractivity contribution is -0.136. The Labute approximate surface area is 219 Å². The lowest BCUT2D eigenvalue weighted by atomic mass is 9.75. The van der Waals surface area contributed by atoms with Gasteiger partial charge >= 0.3 is 0 Å². The van der Waals surface area contributed by atoms with Crippen molar-refractivity contribution in [2.75, 3.05) is 5.32 Å². The van der Waals surface area contributed by atoms with E-state index in [1.807, 2.05) is 0 Å². The highest BCUT2D eigenvalue weighted by Crippen LogP contribution is 2.34. The number of fused-ring (bicyclic) bond motifs is 2. The van der Waals surface area contributed by atoms with Crippen LogP contribution in [0.15, 0.2) is 41.3 Å². The number of carbonyl (C=O) groups is 2. The fraction of sp³-hybridized carbons (Fsp3) is 0.360. The van der Waals surface area contributed by atoms with Gasteiger partial charge in [0, 0.05) is 35.8 Å². The number of nitrogens with two attached hydrogens (primary N) is 1. The molecule has 4 aromatic rings. The van der Waals surface area contributed by atoms with Gasteiger partial charge in [-0.2, -0.15) is 10.1 Å². The number of anilines is 1. The maximum absolute atomic E-state index is 14.7. The van der Waals surface area contributed by atoms with Crippen molar-refractivity contribution in [3.63, 3.8) is 0 Å². The lowest BCUT2D eigenvalue weighted by Gasteiger charge is -2.40. The molecule has 0 aliphatic heterocycles. The van der Waals surface area contributed by atoms with Gasteiger partial charge in [0.2, 0.25) is 17.8 Å². The number of halogens is 2. The van der Waals surface area contributed by atoms with E-state index in [0.29, 0.717) is 58.3 Å². The molecule has 0 radical (unpaired) electrons. The van der Waals surface area contributed by atoms with Crippen molar-refractivity contribution < 1.29 is 14.0 Å². The largest absolute Gasteiger partial charge is 0.368 e. The SMILES string of the molecule is NC(=O)C1(NC(=O)[C@@H]2CC[C@@H](Nc3ncc4c(Br)nn(-c5cc(F)c6ncccc6c5)c4n3)C2)CCC1. The summed E-state index contributed by atoms with van der Waals surface area (Å²) in [6, 6.07) is 6.72. The molecule has 2 saturated carbocycles. The molecule has 37 heavy (non-hydrogen) atoms. The molecule has 2 aliphatic rings. The summed E-state index contributed by atoms with van der Waals surface area (Å²) in [4.78, 5) is 37.9. The molecule has 190 valence electrons. The van der Waals surface area contributed by atoms with Crippen LogP contribution in [0, 0.1) is 11.7 Å². The number of nitrogens with zero attached hydrogens (tertiary/aromatic N) is 5. The number of hydrogen-bond donors (Lipinski definition) is 3. The molecule has 1 aromatic carbocycles. The second-order valence-electron chi connectivity index (χ2n) is 9.78. The summed E-state index contributed by atoms with van der Waals surface area (Å²) in [5.41, 5.74) is 5.95. The van der Waals surface area contributed by atoms with Crippen LogP contribution in [0.2, 0.25) is 0 Å². The van der Waals surface area contributed by atoms with Gasteiger partial charge in [-0.15, -0.1) is 0 Å². The zero-order valence-corrected chi connectivity index (χ0v) is 21.3. The summed E-state index contributed by atoms with van der Waals surface area (Å²) in [6.45, 7) is 0. The zero-order valence-electron chi connectivity index (χ0n) is 19.7. The molecule has 3 aromatic heterocycles. The Hall–Kier alpha value is -3.67. The summed E-state index contributed by atoms with van der Waals surface area (Å²) in [5.74, 6) is -0.869.